The fraction of sp³-hybridized carbons (Fsp3) is 0.276. The number of hydrogen-bond acceptors (Lipinski definition) is 4. The lowest BCUT2D eigenvalue weighted by atomic mass is 9.90. The van der Waals surface area contributed by atoms with Crippen molar-refractivity contribution in [2.45, 2.75) is 34.6 Å². The minimum atomic E-state index is -0.569. The minimum Gasteiger partial charge on any atom is -0.468 e. The van der Waals surface area contributed by atoms with E-state index in [0.29, 0.717) is 5.75 Å². The molecule has 0 amide bonds. The van der Waals surface area contributed by atoms with Gasteiger partial charge in [-0.15, -0.1) is 0 Å². The molecule has 172 valence electrons. The number of esters is 1. The van der Waals surface area contributed by atoms with Crippen LogP contribution in [0.1, 0.15) is 49.9 Å². The summed E-state index contributed by atoms with van der Waals surface area (Å²) < 4.78 is 16.2. The van der Waals surface area contributed by atoms with E-state index in [4.69, 9.17) is 14.2 Å². The third-order valence-corrected chi connectivity index (χ3v) is 5.29. The number of hydrogen-bond donors (Lipinski definition) is 0. The Balaban J connectivity index is 2.06. The molecular formula is C29H32O4. The number of benzene rings is 3. The molecule has 0 saturated heterocycles. The van der Waals surface area contributed by atoms with Gasteiger partial charge in [-0.3, -0.25) is 4.79 Å². The Morgan fingerprint density at radius 3 is 2.00 bits per heavy atom. The third-order valence-electron chi connectivity index (χ3n) is 5.29. The highest BCUT2D eigenvalue weighted by molar-refractivity contribution is 5.98. The molecule has 0 aliphatic rings. The van der Waals surface area contributed by atoms with Crippen LogP contribution in [0.2, 0.25) is 0 Å². The van der Waals surface area contributed by atoms with Gasteiger partial charge in [-0.25, -0.2) is 0 Å². The van der Waals surface area contributed by atoms with E-state index >= 15 is 0 Å². The van der Waals surface area contributed by atoms with E-state index in [2.05, 4.69) is 38.1 Å². The van der Waals surface area contributed by atoms with E-state index in [1.165, 1.54) is 5.56 Å². The van der Waals surface area contributed by atoms with Gasteiger partial charge >= 0.3 is 5.97 Å². The fourth-order valence-electron chi connectivity index (χ4n) is 3.36. The molecule has 0 aliphatic heterocycles. The van der Waals surface area contributed by atoms with Crippen LogP contribution in [-0.2, 0) is 9.53 Å². The highest BCUT2D eigenvalue weighted by Crippen LogP contribution is 2.34. The van der Waals surface area contributed by atoms with Gasteiger partial charge < -0.3 is 14.2 Å². The van der Waals surface area contributed by atoms with Gasteiger partial charge in [0.2, 0.25) is 0 Å². The maximum absolute atomic E-state index is 12.4. The summed E-state index contributed by atoms with van der Waals surface area (Å²) in [5, 5.41) is 0. The van der Waals surface area contributed by atoms with Crippen molar-refractivity contribution in [2.75, 3.05) is 13.9 Å². The molecule has 0 heterocycles. The zero-order chi connectivity index (χ0) is 24.0. The van der Waals surface area contributed by atoms with Gasteiger partial charge in [0, 0.05) is 7.11 Å². The number of methoxy groups -OCH3 is 1. The maximum Gasteiger partial charge on any atom is 0.316 e. The fourth-order valence-corrected chi connectivity index (χ4v) is 3.36. The van der Waals surface area contributed by atoms with Gasteiger partial charge in [-0.1, -0.05) is 54.1 Å². The Morgan fingerprint density at radius 2 is 1.42 bits per heavy atom. The molecule has 0 radical (unpaired) electrons. The van der Waals surface area contributed by atoms with Crippen molar-refractivity contribution in [3.63, 3.8) is 0 Å². The van der Waals surface area contributed by atoms with Crippen molar-refractivity contribution >= 4 is 17.1 Å². The average molecular weight is 445 g/mol. The average Bonchev–Trinajstić information content (AvgIpc) is 2.79. The van der Waals surface area contributed by atoms with Crippen LogP contribution in [0.25, 0.3) is 11.1 Å². The first-order valence-electron chi connectivity index (χ1n) is 11.0. The Labute approximate surface area is 196 Å². The van der Waals surface area contributed by atoms with Crippen molar-refractivity contribution in [3.8, 4) is 11.5 Å². The minimum absolute atomic E-state index is 0.207. The quantitative estimate of drug-likeness (QED) is 0.172. The summed E-state index contributed by atoms with van der Waals surface area (Å²) in [6.07, 6.45) is 0. The third kappa shape index (κ3) is 6.33. The molecule has 0 aliphatic carbocycles. The van der Waals surface area contributed by atoms with Crippen LogP contribution in [0, 0.1) is 12.3 Å². The molecule has 0 bridgehead atoms. The number of allylic oxidation sites excluding steroid dienone is 1. The number of rotatable bonds is 7. The zero-order valence-electron chi connectivity index (χ0n) is 20.3. The molecule has 33 heavy (non-hydrogen) atoms. The summed E-state index contributed by atoms with van der Waals surface area (Å²) in [4.78, 5) is 12.4. The van der Waals surface area contributed by atoms with Crippen LogP contribution in [0.5, 0.6) is 11.5 Å². The molecule has 3 rings (SSSR count). The molecule has 0 saturated carbocycles. The van der Waals surface area contributed by atoms with Crippen LogP contribution in [0.3, 0.4) is 0 Å². The van der Waals surface area contributed by atoms with Gasteiger partial charge in [0.15, 0.2) is 6.79 Å². The van der Waals surface area contributed by atoms with E-state index in [1.807, 2.05) is 69.3 Å². The predicted molar refractivity (Wildman–Crippen MR) is 133 cm³/mol. The molecule has 3 aromatic carbocycles. The molecule has 0 atom stereocenters. The topological polar surface area (TPSA) is 44.8 Å². The Bertz CT molecular complexity index is 1120. The summed E-state index contributed by atoms with van der Waals surface area (Å²) in [5.74, 6) is 1.03. The van der Waals surface area contributed by atoms with Crippen LogP contribution in [0.15, 0.2) is 72.8 Å². The summed E-state index contributed by atoms with van der Waals surface area (Å²) in [5.41, 5.74) is 5.99. The van der Waals surface area contributed by atoms with Crippen molar-refractivity contribution in [3.05, 3.63) is 95.1 Å². The Morgan fingerprint density at radius 1 is 0.818 bits per heavy atom. The monoisotopic (exact) mass is 444 g/mol. The first-order chi connectivity index (χ1) is 15.7. The van der Waals surface area contributed by atoms with Crippen molar-refractivity contribution in [2.24, 2.45) is 5.41 Å². The van der Waals surface area contributed by atoms with E-state index in [1.54, 1.807) is 7.11 Å². The first kappa shape index (κ1) is 24.3. The first-order valence-corrected chi connectivity index (χ1v) is 11.0. The van der Waals surface area contributed by atoms with Crippen molar-refractivity contribution < 1.29 is 19.0 Å². The largest absolute Gasteiger partial charge is 0.468 e. The summed E-state index contributed by atoms with van der Waals surface area (Å²) in [6.45, 7) is 9.92. The van der Waals surface area contributed by atoms with Crippen LogP contribution in [0.4, 0.5) is 0 Å². The normalized spacial score (nSPS) is 12.2. The molecule has 0 spiro atoms. The number of carbonyl (C=O) groups excluding carboxylic acids is 1. The molecule has 0 N–H and O–H groups in total. The van der Waals surface area contributed by atoms with E-state index < -0.39 is 5.41 Å². The lowest BCUT2D eigenvalue weighted by Crippen LogP contribution is -2.25. The molecule has 0 aromatic heterocycles. The van der Waals surface area contributed by atoms with Gasteiger partial charge in [0.25, 0.3) is 0 Å². The molecule has 3 aromatic rings. The molecule has 4 nitrogen and oxygen atoms in total. The summed E-state index contributed by atoms with van der Waals surface area (Å²) in [6, 6.07) is 24.2. The van der Waals surface area contributed by atoms with E-state index in [0.717, 1.165) is 33.6 Å². The summed E-state index contributed by atoms with van der Waals surface area (Å²) >= 11 is 0. The molecular weight excluding hydrogens is 412 g/mol. The lowest BCUT2D eigenvalue weighted by molar-refractivity contribution is -0.142. The maximum atomic E-state index is 12.4. The number of aryl methyl sites for hydroxylation is 1. The van der Waals surface area contributed by atoms with Crippen LogP contribution < -0.4 is 9.47 Å². The number of carbonyl (C=O) groups is 1. The highest BCUT2D eigenvalue weighted by atomic mass is 16.7. The SMILES string of the molecule is COCOc1ccc(/C(=C(\C)c2cccc(OC(=O)C(C)(C)C)c2)c2ccc(C)cc2)cc1. The second-order valence-corrected chi connectivity index (χ2v) is 9.11. The van der Waals surface area contributed by atoms with Crippen molar-refractivity contribution in [1.82, 2.24) is 0 Å². The Hall–Kier alpha value is -3.37. The zero-order valence-corrected chi connectivity index (χ0v) is 20.3. The van der Waals surface area contributed by atoms with Gasteiger partial charge in [0.1, 0.15) is 11.5 Å². The molecule has 4 heteroatoms. The predicted octanol–water partition coefficient (Wildman–Crippen LogP) is 6.91. The van der Waals surface area contributed by atoms with Gasteiger partial charge in [-0.05, 0) is 86.7 Å². The van der Waals surface area contributed by atoms with E-state index in [9.17, 15) is 4.79 Å². The lowest BCUT2D eigenvalue weighted by Gasteiger charge is -2.18. The van der Waals surface area contributed by atoms with Gasteiger partial charge in [-0.2, -0.15) is 0 Å². The van der Waals surface area contributed by atoms with Gasteiger partial charge in [0.05, 0.1) is 5.41 Å². The van der Waals surface area contributed by atoms with E-state index in [-0.39, 0.29) is 12.8 Å². The van der Waals surface area contributed by atoms with Crippen molar-refractivity contribution in [1.29, 1.82) is 0 Å². The number of ether oxygens (including phenoxy) is 3. The smallest absolute Gasteiger partial charge is 0.316 e. The molecule has 0 fully saturated rings. The standard InChI is InChI=1S/C29H32O4/c1-20-10-12-22(13-11-20)27(23-14-16-25(17-15-23)32-19-31-6)21(2)24-8-7-9-26(18-24)33-28(30)29(3,4)5/h7-18H,19H2,1-6H3/b27-21+. The Kier molecular flexibility index (Phi) is 7.72. The summed E-state index contributed by atoms with van der Waals surface area (Å²) in [7, 11) is 1.60. The molecule has 0 unspecified atom stereocenters. The second kappa shape index (κ2) is 10.5. The van der Waals surface area contributed by atoms with Crippen LogP contribution in [-0.4, -0.2) is 19.9 Å². The highest BCUT2D eigenvalue weighted by Gasteiger charge is 2.24. The second-order valence-electron chi connectivity index (χ2n) is 9.11. The van der Waals surface area contributed by atoms with Crippen LogP contribution >= 0.6 is 0 Å².